The average Bonchev–Trinajstić information content (AvgIpc) is 2.01. The van der Waals surface area contributed by atoms with Crippen molar-refractivity contribution in [1.82, 2.24) is 9.93 Å². The summed E-state index contributed by atoms with van der Waals surface area (Å²) in [5, 5.41) is -0.916. The van der Waals surface area contributed by atoms with Gasteiger partial charge in [-0.15, -0.1) is 0 Å². The smallest absolute Gasteiger partial charge is 0.421 e. The Bertz CT molecular complexity index is 222. The van der Waals surface area contributed by atoms with Crippen LogP contribution in [0.5, 0.6) is 0 Å². The van der Waals surface area contributed by atoms with Crippen LogP contribution in [0, 0.1) is 0 Å². The first kappa shape index (κ1) is 11.5. The normalized spacial score (nSPS) is 19.3. The lowest BCUT2D eigenvalue weighted by atomic mass is 9.52. The molecule has 0 aromatic carbocycles. The number of ether oxygens (including phenoxy) is 2. The van der Waals surface area contributed by atoms with Crippen LogP contribution in [0.25, 0.3) is 0 Å². The third-order valence-electron chi connectivity index (χ3n) is 1.46. The van der Waals surface area contributed by atoms with Gasteiger partial charge in [-0.3, -0.25) is 0 Å². The van der Waals surface area contributed by atoms with Crippen LogP contribution in [0.4, 0.5) is 4.79 Å². The van der Waals surface area contributed by atoms with Crippen LogP contribution in [0.2, 0.25) is 0 Å². The fourth-order valence-corrected chi connectivity index (χ4v) is 0.907. The Morgan fingerprint density at radius 3 is 2.57 bits per heavy atom. The van der Waals surface area contributed by atoms with E-state index in [1.807, 2.05) is 0 Å². The van der Waals surface area contributed by atoms with Gasteiger partial charge in [0.05, 0.1) is 13.2 Å². The Balaban J connectivity index is 2.50. The van der Waals surface area contributed by atoms with Gasteiger partial charge in [-0.2, -0.15) is 0 Å². The summed E-state index contributed by atoms with van der Waals surface area (Å²) in [5.74, 6) is 0. The molecule has 5 nitrogen and oxygen atoms in total. The fraction of sp³-hybridized carbons (Fsp3) is 0.800. The number of rotatable bonds is 1. The van der Waals surface area contributed by atoms with Crippen LogP contribution in [0.1, 0.15) is 0 Å². The van der Waals surface area contributed by atoms with Gasteiger partial charge >= 0.3 is 6.09 Å². The van der Waals surface area contributed by atoms with Crippen molar-refractivity contribution in [3.63, 3.8) is 0 Å². The molecule has 14 heavy (non-hydrogen) atoms. The molecule has 0 bridgehead atoms. The quantitative estimate of drug-likeness (QED) is 0.436. The van der Waals surface area contributed by atoms with Gasteiger partial charge in [-0.05, 0) is 5.30 Å². The minimum absolute atomic E-state index is 0.0851. The molecular weight excluding hydrogens is 179 g/mol. The van der Waals surface area contributed by atoms with Crippen molar-refractivity contribution < 1.29 is 14.3 Å². The van der Waals surface area contributed by atoms with Crippen molar-refractivity contribution in [2.24, 2.45) is 0 Å². The average molecular weight is 185 g/mol. The second-order valence-electron chi connectivity index (χ2n) is 2.82. The second-order valence-corrected chi connectivity index (χ2v) is 2.82. The number of carbonyl (C=O) groups is 1. The lowest BCUT2D eigenvalue weighted by molar-refractivity contribution is -0.0912. The molecule has 1 amide bonds. The molecule has 0 saturated carbocycles. The zero-order chi connectivity index (χ0) is 10.8. The third kappa shape index (κ3) is 3.31. The van der Waals surface area contributed by atoms with Crippen LogP contribution in [-0.4, -0.2) is 72.7 Å². The summed E-state index contributed by atoms with van der Waals surface area (Å²) in [5.41, 5.74) is 0. The molecule has 1 rings (SSSR count). The Hall–Kier alpha value is -0.550. The van der Waals surface area contributed by atoms with Gasteiger partial charge in [0, 0.05) is 0 Å². The van der Waals surface area contributed by atoms with E-state index in [1.54, 1.807) is 0 Å². The molecule has 1 aliphatic heterocycles. The highest BCUT2D eigenvalue weighted by Gasteiger charge is 2.25. The summed E-state index contributed by atoms with van der Waals surface area (Å²) < 4.78 is 9.44. The summed E-state index contributed by atoms with van der Waals surface area (Å²) in [4.78, 5) is 12.3. The first-order valence-corrected chi connectivity index (χ1v) is 3.87. The van der Waals surface area contributed by atoms with Gasteiger partial charge in [-0.25, -0.2) is 14.7 Å². The number of amides is 1. The Morgan fingerprint density at radius 2 is 2.07 bits per heavy atom. The predicted molar refractivity (Wildman–Crippen MR) is 51.6 cm³/mol. The number of hydrogen-bond acceptors (Lipinski definition) is 4. The van der Waals surface area contributed by atoms with E-state index in [-0.39, 0.29) is 13.3 Å². The van der Waals surface area contributed by atoms with Crippen molar-refractivity contribution in [1.29, 1.82) is 0 Å². The zero-order valence-corrected chi connectivity index (χ0v) is 7.55. The molecule has 1 fully saturated rings. The first-order chi connectivity index (χ1) is 6.40. The summed E-state index contributed by atoms with van der Waals surface area (Å²) in [6, 6.07) is 0. The van der Waals surface area contributed by atoms with Crippen LogP contribution in [-0.2, 0) is 9.47 Å². The van der Waals surface area contributed by atoms with Crippen LogP contribution >= 0.6 is 0 Å². The Kier molecular flexibility index (Phi) is 3.55. The highest BCUT2D eigenvalue weighted by molar-refractivity contribution is 6.58. The largest absolute Gasteiger partial charge is 0.472 e. The van der Waals surface area contributed by atoms with Crippen LogP contribution < -0.4 is 0 Å². The van der Waals surface area contributed by atoms with Crippen molar-refractivity contribution >= 4 is 37.6 Å². The number of hydrogen-bond donors (Lipinski definition) is 0. The molecule has 9 heteroatoms. The van der Waals surface area contributed by atoms with E-state index >= 15 is 0 Å². The number of hydrazine groups is 1. The fourth-order valence-electron chi connectivity index (χ4n) is 0.907. The summed E-state index contributed by atoms with van der Waals surface area (Å²) in [6.07, 6.45) is -0.816. The molecule has 0 unspecified atom stereocenters. The Labute approximate surface area is 87.7 Å². The molecule has 66 valence electrons. The van der Waals surface area contributed by atoms with Crippen molar-refractivity contribution in [2.75, 3.05) is 19.9 Å². The second kappa shape index (κ2) is 4.31. The standard InChI is InChI=1S/C5H6B4N2O3/c6-5(7,8)14-4(12)10-1-2-13-3-11(10)9/h1-3H2. The van der Waals surface area contributed by atoms with Gasteiger partial charge < -0.3 is 9.47 Å². The summed E-state index contributed by atoms with van der Waals surface area (Å²) in [7, 11) is 20.7. The van der Waals surface area contributed by atoms with E-state index < -0.39 is 11.4 Å². The van der Waals surface area contributed by atoms with Gasteiger partial charge in [0.2, 0.25) is 7.98 Å². The molecule has 1 saturated heterocycles. The maximum atomic E-state index is 11.3. The molecule has 1 aliphatic rings. The van der Waals surface area contributed by atoms with E-state index in [9.17, 15) is 4.79 Å². The lowest BCUT2D eigenvalue weighted by Gasteiger charge is -2.37. The Morgan fingerprint density at radius 1 is 1.43 bits per heavy atom. The molecule has 0 aliphatic carbocycles. The molecule has 0 N–H and O–H groups in total. The van der Waals surface area contributed by atoms with Gasteiger partial charge in [0.25, 0.3) is 0 Å². The lowest BCUT2D eigenvalue weighted by Crippen LogP contribution is -2.54. The summed E-state index contributed by atoms with van der Waals surface area (Å²) in [6.45, 7) is 0.697. The number of nitrogens with zero attached hydrogens (tertiary/aromatic N) is 2. The van der Waals surface area contributed by atoms with E-state index in [0.29, 0.717) is 6.61 Å². The van der Waals surface area contributed by atoms with Crippen LogP contribution in [0.15, 0.2) is 0 Å². The SMILES string of the molecule is [B]N1COCCN1C(=O)OC([B])([B])[B]. The van der Waals surface area contributed by atoms with Crippen molar-refractivity contribution in [3.8, 4) is 0 Å². The zero-order valence-electron chi connectivity index (χ0n) is 7.55. The van der Waals surface area contributed by atoms with Crippen molar-refractivity contribution in [2.45, 2.75) is 5.30 Å². The van der Waals surface area contributed by atoms with Crippen molar-refractivity contribution in [3.05, 3.63) is 0 Å². The topological polar surface area (TPSA) is 42.0 Å². The van der Waals surface area contributed by atoms with E-state index in [2.05, 4.69) is 4.74 Å². The number of carbonyl (C=O) groups excluding carboxylic acids is 1. The van der Waals surface area contributed by atoms with E-state index in [4.69, 9.17) is 36.3 Å². The molecule has 0 spiro atoms. The molecule has 0 atom stereocenters. The maximum Gasteiger partial charge on any atom is 0.421 e. The van der Waals surface area contributed by atoms with Gasteiger partial charge in [0.15, 0.2) is 0 Å². The molecule has 8 radical (unpaired) electrons. The van der Waals surface area contributed by atoms with Gasteiger partial charge in [-0.1, -0.05) is 0 Å². The minimum Gasteiger partial charge on any atom is -0.472 e. The predicted octanol–water partition coefficient (Wildman–Crippen LogP) is -2.17. The van der Waals surface area contributed by atoms with E-state index in [0.717, 1.165) is 9.93 Å². The van der Waals surface area contributed by atoms with Gasteiger partial charge in [0.1, 0.15) is 30.3 Å². The van der Waals surface area contributed by atoms with Crippen LogP contribution in [0.3, 0.4) is 0 Å². The molecule has 0 aromatic rings. The third-order valence-corrected chi connectivity index (χ3v) is 1.46. The highest BCUT2D eigenvalue weighted by Crippen LogP contribution is 2.06. The molecule has 1 heterocycles. The maximum absolute atomic E-state index is 11.3. The molecule has 0 aromatic heterocycles. The monoisotopic (exact) mass is 186 g/mol. The first-order valence-electron chi connectivity index (χ1n) is 3.87. The minimum atomic E-state index is -2.00. The summed E-state index contributed by atoms with van der Waals surface area (Å²) >= 11 is 0. The van der Waals surface area contributed by atoms with E-state index in [1.165, 1.54) is 0 Å². The molecular formula is C5H6B4N2O3. The highest BCUT2D eigenvalue weighted by atomic mass is 16.6.